The maximum absolute atomic E-state index is 2.57. The zero-order valence-corrected chi connectivity index (χ0v) is 10.7. The lowest BCUT2D eigenvalue weighted by Crippen LogP contribution is -2.18. The summed E-state index contributed by atoms with van der Waals surface area (Å²) in [6, 6.07) is 6.63. The van der Waals surface area contributed by atoms with Crippen LogP contribution in [-0.4, -0.2) is 22.6 Å². The molecule has 0 bridgehead atoms. The van der Waals surface area contributed by atoms with E-state index in [1.54, 1.807) is 0 Å². The first-order valence-electron chi connectivity index (χ1n) is 6.51. The molecule has 0 radical (unpaired) electrons. The van der Waals surface area contributed by atoms with Crippen LogP contribution >= 0.6 is 0 Å². The molecule has 2 nitrogen and oxygen atoms in total. The minimum absolute atomic E-state index is 1.11. The van der Waals surface area contributed by atoms with Crippen LogP contribution in [0.25, 0.3) is 10.9 Å². The minimum atomic E-state index is 1.11. The molecule has 0 saturated carbocycles. The van der Waals surface area contributed by atoms with E-state index in [0.717, 1.165) is 6.54 Å². The summed E-state index contributed by atoms with van der Waals surface area (Å²) in [7, 11) is 2.16. The molecule has 1 aliphatic heterocycles. The van der Waals surface area contributed by atoms with Gasteiger partial charge >= 0.3 is 0 Å². The van der Waals surface area contributed by atoms with Gasteiger partial charge in [-0.15, -0.1) is 0 Å². The molecule has 2 heteroatoms. The fourth-order valence-electron chi connectivity index (χ4n) is 3.06. The molecule has 1 aromatic heterocycles. The molecule has 0 amide bonds. The molecule has 90 valence electrons. The summed E-state index contributed by atoms with van der Waals surface area (Å²) in [5, 5.41) is 1.43. The summed E-state index contributed by atoms with van der Waals surface area (Å²) in [4.78, 5) is 2.57. The Bertz CT molecular complexity index is 533. The monoisotopic (exact) mass is 228 g/mol. The smallest absolute Gasteiger partial charge is 0.0510 e. The lowest BCUT2D eigenvalue weighted by molar-refractivity contribution is 0.332. The van der Waals surface area contributed by atoms with Crippen LogP contribution < -0.4 is 0 Å². The summed E-state index contributed by atoms with van der Waals surface area (Å²) in [6.07, 6.45) is 5.03. The van der Waals surface area contributed by atoms with Crippen LogP contribution in [0, 0.1) is 6.92 Å². The highest BCUT2D eigenvalue weighted by Crippen LogP contribution is 2.25. The van der Waals surface area contributed by atoms with Gasteiger partial charge in [0.2, 0.25) is 0 Å². The maximum Gasteiger partial charge on any atom is 0.0510 e. The number of benzene rings is 1. The largest absolute Gasteiger partial charge is 0.350 e. The van der Waals surface area contributed by atoms with E-state index in [1.165, 1.54) is 48.0 Å². The van der Waals surface area contributed by atoms with E-state index in [1.807, 2.05) is 0 Å². The van der Waals surface area contributed by atoms with Crippen LogP contribution in [0.2, 0.25) is 0 Å². The van der Waals surface area contributed by atoms with Crippen molar-refractivity contribution in [2.45, 2.75) is 26.3 Å². The van der Waals surface area contributed by atoms with Gasteiger partial charge in [0.05, 0.1) is 5.52 Å². The van der Waals surface area contributed by atoms with Crippen molar-refractivity contribution >= 4 is 10.9 Å². The molecule has 1 aromatic carbocycles. The Morgan fingerprint density at radius 2 is 1.94 bits per heavy atom. The number of hydrogen-bond donors (Lipinski definition) is 0. The topological polar surface area (TPSA) is 8.17 Å². The van der Waals surface area contributed by atoms with Crippen molar-refractivity contribution in [2.75, 3.05) is 13.1 Å². The lowest BCUT2D eigenvalue weighted by Gasteiger charge is -2.13. The van der Waals surface area contributed by atoms with Gasteiger partial charge in [-0.05, 0) is 44.0 Å². The Hall–Kier alpha value is -1.28. The average Bonchev–Trinajstić information content (AvgIpc) is 2.90. The van der Waals surface area contributed by atoms with Crippen LogP contribution in [0.5, 0.6) is 0 Å². The van der Waals surface area contributed by atoms with E-state index >= 15 is 0 Å². The number of rotatable bonds is 2. The minimum Gasteiger partial charge on any atom is -0.350 e. The van der Waals surface area contributed by atoms with Crippen molar-refractivity contribution < 1.29 is 0 Å². The summed E-state index contributed by atoms with van der Waals surface area (Å²) < 4.78 is 2.27. The number of aryl methyl sites for hydroxylation is 2. The number of fused-ring (bicyclic) bond motifs is 1. The molecule has 1 fully saturated rings. The van der Waals surface area contributed by atoms with Crippen molar-refractivity contribution in [1.82, 2.24) is 9.47 Å². The van der Waals surface area contributed by atoms with Gasteiger partial charge in [-0.3, -0.25) is 4.90 Å². The Kier molecular flexibility index (Phi) is 2.67. The number of para-hydroxylation sites is 1. The van der Waals surface area contributed by atoms with Gasteiger partial charge in [0.25, 0.3) is 0 Å². The van der Waals surface area contributed by atoms with Crippen molar-refractivity contribution in [1.29, 1.82) is 0 Å². The predicted octanol–water partition coefficient (Wildman–Crippen LogP) is 3.08. The van der Waals surface area contributed by atoms with E-state index in [4.69, 9.17) is 0 Å². The zero-order valence-electron chi connectivity index (χ0n) is 10.7. The normalized spacial score (nSPS) is 17.1. The molecule has 0 unspecified atom stereocenters. The second-order valence-corrected chi connectivity index (χ2v) is 5.22. The second-order valence-electron chi connectivity index (χ2n) is 5.22. The molecule has 1 saturated heterocycles. The van der Waals surface area contributed by atoms with Crippen LogP contribution in [0.1, 0.15) is 24.0 Å². The first-order chi connectivity index (χ1) is 8.25. The molecule has 3 rings (SSSR count). The highest BCUT2D eigenvalue weighted by molar-refractivity contribution is 5.86. The summed E-state index contributed by atoms with van der Waals surface area (Å²) in [6.45, 7) is 5.84. The van der Waals surface area contributed by atoms with Gasteiger partial charge in [-0.1, -0.05) is 18.2 Å². The van der Waals surface area contributed by atoms with Crippen molar-refractivity contribution in [3.8, 4) is 0 Å². The first-order valence-corrected chi connectivity index (χ1v) is 6.51. The molecule has 0 atom stereocenters. The van der Waals surface area contributed by atoms with Gasteiger partial charge in [0.15, 0.2) is 0 Å². The van der Waals surface area contributed by atoms with Crippen molar-refractivity contribution in [3.05, 3.63) is 35.5 Å². The molecule has 17 heavy (non-hydrogen) atoms. The van der Waals surface area contributed by atoms with Crippen LogP contribution in [0.3, 0.4) is 0 Å². The van der Waals surface area contributed by atoms with Crippen LogP contribution in [0.4, 0.5) is 0 Å². The Balaban J connectivity index is 2.01. The molecular weight excluding hydrogens is 208 g/mol. The Labute approximate surface area is 103 Å². The standard InChI is InChI=1S/C15H20N2/c1-12-6-5-7-14-13(10-16(2)15(12)14)11-17-8-3-4-9-17/h5-7,10H,3-4,8-9,11H2,1-2H3. The number of aromatic nitrogens is 1. The molecule has 2 aromatic rings. The molecule has 2 heterocycles. The highest BCUT2D eigenvalue weighted by Gasteiger charge is 2.15. The summed E-state index contributed by atoms with van der Waals surface area (Å²) in [5.41, 5.74) is 4.24. The van der Waals surface area contributed by atoms with E-state index in [-0.39, 0.29) is 0 Å². The van der Waals surface area contributed by atoms with Gasteiger partial charge in [0, 0.05) is 25.2 Å². The number of likely N-dealkylation sites (tertiary alicyclic amines) is 1. The fourth-order valence-corrected chi connectivity index (χ4v) is 3.06. The third-order valence-corrected chi connectivity index (χ3v) is 3.88. The third kappa shape index (κ3) is 1.87. The second kappa shape index (κ2) is 4.19. The van der Waals surface area contributed by atoms with E-state index in [0.29, 0.717) is 0 Å². The van der Waals surface area contributed by atoms with E-state index in [9.17, 15) is 0 Å². The predicted molar refractivity (Wildman–Crippen MR) is 72.2 cm³/mol. The Morgan fingerprint density at radius 1 is 1.18 bits per heavy atom. The van der Waals surface area contributed by atoms with Crippen LogP contribution in [0.15, 0.2) is 24.4 Å². The van der Waals surface area contributed by atoms with E-state index < -0.39 is 0 Å². The molecular formula is C15H20N2. The van der Waals surface area contributed by atoms with Crippen molar-refractivity contribution in [2.24, 2.45) is 7.05 Å². The average molecular weight is 228 g/mol. The Morgan fingerprint density at radius 3 is 2.71 bits per heavy atom. The molecule has 0 spiro atoms. The first kappa shape index (κ1) is 10.8. The van der Waals surface area contributed by atoms with Crippen LogP contribution in [-0.2, 0) is 13.6 Å². The van der Waals surface area contributed by atoms with Gasteiger partial charge in [-0.25, -0.2) is 0 Å². The van der Waals surface area contributed by atoms with Crippen molar-refractivity contribution in [3.63, 3.8) is 0 Å². The highest BCUT2D eigenvalue weighted by atomic mass is 15.1. The van der Waals surface area contributed by atoms with Gasteiger partial charge < -0.3 is 4.57 Å². The molecule has 1 aliphatic rings. The summed E-state index contributed by atoms with van der Waals surface area (Å²) in [5.74, 6) is 0. The lowest BCUT2D eigenvalue weighted by atomic mass is 10.1. The molecule has 0 aliphatic carbocycles. The molecule has 0 N–H and O–H groups in total. The number of hydrogen-bond acceptors (Lipinski definition) is 1. The fraction of sp³-hybridized carbons (Fsp3) is 0.467. The quantitative estimate of drug-likeness (QED) is 0.767. The van der Waals surface area contributed by atoms with E-state index in [2.05, 4.69) is 47.8 Å². The SMILES string of the molecule is Cc1cccc2c(CN3CCCC3)cn(C)c12. The zero-order chi connectivity index (χ0) is 11.8. The van der Waals surface area contributed by atoms with Gasteiger partial charge in [-0.2, -0.15) is 0 Å². The third-order valence-electron chi connectivity index (χ3n) is 3.88. The summed E-state index contributed by atoms with van der Waals surface area (Å²) >= 11 is 0. The maximum atomic E-state index is 2.57. The number of nitrogens with zero attached hydrogens (tertiary/aromatic N) is 2. The van der Waals surface area contributed by atoms with Gasteiger partial charge in [0.1, 0.15) is 0 Å².